The Morgan fingerprint density at radius 1 is 1.07 bits per heavy atom. The van der Waals surface area contributed by atoms with Gasteiger partial charge in [0.05, 0.1) is 0 Å². The van der Waals surface area contributed by atoms with Crippen molar-refractivity contribution in [3.8, 4) is 0 Å². The van der Waals surface area contributed by atoms with Gasteiger partial charge in [0.1, 0.15) is 5.82 Å². The highest BCUT2D eigenvalue weighted by Crippen LogP contribution is 2.21. The summed E-state index contributed by atoms with van der Waals surface area (Å²) in [7, 11) is 1.81. The third kappa shape index (κ3) is 8.02. The predicted molar refractivity (Wildman–Crippen MR) is 138 cm³/mol. The second kappa shape index (κ2) is 13.3. The molecule has 2 aromatic carbocycles. The van der Waals surface area contributed by atoms with Crippen LogP contribution < -0.4 is 10.6 Å². The number of imidazole rings is 1. The van der Waals surface area contributed by atoms with E-state index in [4.69, 9.17) is 0 Å². The van der Waals surface area contributed by atoms with Gasteiger partial charge in [0, 0.05) is 55.6 Å². The summed E-state index contributed by atoms with van der Waals surface area (Å²) in [6.07, 6.45) is 4.75. The molecule has 5 nitrogen and oxygen atoms in total. The average molecular weight is 535 g/mol. The Labute approximate surface area is 200 Å². The van der Waals surface area contributed by atoms with Crippen LogP contribution in [0.1, 0.15) is 18.3 Å². The molecule has 0 aliphatic rings. The molecule has 1 heterocycles. The molecule has 0 aliphatic carbocycles. The van der Waals surface area contributed by atoms with Crippen LogP contribution in [0.5, 0.6) is 0 Å². The van der Waals surface area contributed by atoms with Crippen molar-refractivity contribution in [2.24, 2.45) is 4.99 Å². The van der Waals surface area contributed by atoms with Gasteiger partial charge in [-0.25, -0.2) is 4.98 Å². The van der Waals surface area contributed by atoms with E-state index >= 15 is 0 Å². The zero-order valence-electron chi connectivity index (χ0n) is 17.5. The molecular formula is C23H30IN5S. The van der Waals surface area contributed by atoms with E-state index in [0.29, 0.717) is 5.25 Å². The first-order chi connectivity index (χ1) is 14.2. The van der Waals surface area contributed by atoms with Crippen molar-refractivity contribution in [2.75, 3.05) is 20.1 Å². The molecule has 1 aromatic heterocycles. The molecule has 0 saturated carbocycles. The number of halogens is 1. The largest absolute Gasteiger partial charge is 0.356 e. The number of thioether (sulfide) groups is 1. The van der Waals surface area contributed by atoms with Crippen LogP contribution in [0.3, 0.4) is 0 Å². The molecule has 1 unspecified atom stereocenters. The van der Waals surface area contributed by atoms with Crippen molar-refractivity contribution in [1.82, 2.24) is 20.2 Å². The number of benzene rings is 2. The first kappa shape index (κ1) is 24.3. The fourth-order valence-corrected chi connectivity index (χ4v) is 3.96. The van der Waals surface area contributed by atoms with Gasteiger partial charge in [-0.15, -0.1) is 35.7 Å². The van der Waals surface area contributed by atoms with E-state index in [1.54, 1.807) is 7.05 Å². The van der Waals surface area contributed by atoms with Crippen LogP contribution in [0.2, 0.25) is 0 Å². The number of rotatable bonds is 9. The molecule has 0 saturated heterocycles. The first-order valence-corrected chi connectivity index (χ1v) is 10.8. The Kier molecular flexibility index (Phi) is 10.8. The maximum absolute atomic E-state index is 4.52. The molecule has 3 aromatic rings. The summed E-state index contributed by atoms with van der Waals surface area (Å²) in [6, 6.07) is 20.9. The van der Waals surface area contributed by atoms with Gasteiger partial charge in [-0.1, -0.05) is 55.5 Å². The second-order valence-corrected chi connectivity index (χ2v) is 8.34. The normalized spacial score (nSPS) is 12.1. The van der Waals surface area contributed by atoms with Gasteiger partial charge in [0.2, 0.25) is 0 Å². The van der Waals surface area contributed by atoms with Gasteiger partial charge < -0.3 is 15.2 Å². The number of hydrogen-bond donors (Lipinski definition) is 2. The van der Waals surface area contributed by atoms with Gasteiger partial charge in [0.25, 0.3) is 0 Å². The van der Waals surface area contributed by atoms with Crippen LogP contribution in [0.15, 0.2) is 82.9 Å². The lowest BCUT2D eigenvalue weighted by molar-refractivity contribution is 0.693. The van der Waals surface area contributed by atoms with E-state index in [1.165, 1.54) is 10.5 Å². The molecule has 0 aliphatic heterocycles. The highest BCUT2D eigenvalue weighted by molar-refractivity contribution is 14.0. The lowest BCUT2D eigenvalue weighted by Gasteiger charge is -2.16. The van der Waals surface area contributed by atoms with E-state index in [0.717, 1.165) is 37.8 Å². The Morgan fingerprint density at radius 3 is 2.47 bits per heavy atom. The molecule has 2 N–H and O–H groups in total. The molecular weight excluding hydrogens is 505 g/mol. The minimum absolute atomic E-state index is 0. The van der Waals surface area contributed by atoms with Crippen molar-refractivity contribution in [1.29, 1.82) is 0 Å². The van der Waals surface area contributed by atoms with Crippen LogP contribution in [-0.2, 0) is 13.0 Å². The predicted octanol–water partition coefficient (Wildman–Crippen LogP) is 4.44. The van der Waals surface area contributed by atoms with E-state index in [1.807, 2.05) is 36.3 Å². The summed E-state index contributed by atoms with van der Waals surface area (Å²) in [5.41, 5.74) is 1.28. The van der Waals surface area contributed by atoms with E-state index in [2.05, 4.69) is 80.6 Å². The number of guanidine groups is 1. The quantitative estimate of drug-likeness (QED) is 0.184. The number of aliphatic imine (C=N–C) groups is 1. The molecule has 3 rings (SSSR count). The number of nitrogens with one attached hydrogen (secondary N) is 2. The van der Waals surface area contributed by atoms with Gasteiger partial charge in [-0.05, 0) is 17.7 Å². The highest BCUT2D eigenvalue weighted by atomic mass is 127. The number of aromatic nitrogens is 2. The van der Waals surface area contributed by atoms with Crippen LogP contribution in [0.4, 0.5) is 0 Å². The molecule has 160 valence electrons. The maximum Gasteiger partial charge on any atom is 0.191 e. The molecule has 1 atom stereocenters. The minimum Gasteiger partial charge on any atom is -0.356 e. The van der Waals surface area contributed by atoms with E-state index in [9.17, 15) is 0 Å². The Balaban J connectivity index is 0.00000320. The topological polar surface area (TPSA) is 54.2 Å². The molecule has 0 spiro atoms. The Bertz CT molecular complexity index is 883. The van der Waals surface area contributed by atoms with E-state index < -0.39 is 0 Å². The number of hydrogen-bond acceptors (Lipinski definition) is 3. The molecule has 7 heteroatoms. The molecule has 0 amide bonds. The summed E-state index contributed by atoms with van der Waals surface area (Å²) in [5.74, 6) is 1.90. The van der Waals surface area contributed by atoms with Crippen molar-refractivity contribution in [3.63, 3.8) is 0 Å². The van der Waals surface area contributed by atoms with Gasteiger partial charge in [-0.2, -0.15) is 0 Å². The third-order valence-corrected chi connectivity index (χ3v) is 5.61. The summed E-state index contributed by atoms with van der Waals surface area (Å²) < 4.78 is 2.20. The average Bonchev–Trinajstić information content (AvgIpc) is 3.19. The molecule has 0 bridgehead atoms. The van der Waals surface area contributed by atoms with Gasteiger partial charge in [-0.3, -0.25) is 4.99 Å². The van der Waals surface area contributed by atoms with Crippen molar-refractivity contribution in [3.05, 3.63) is 84.4 Å². The smallest absolute Gasteiger partial charge is 0.191 e. The SMILES string of the molecule is CN=C(NCCc1nccn1Cc1ccccc1)NCC(C)Sc1ccccc1.I. The molecule has 0 fully saturated rings. The Hall–Kier alpha value is -2.00. The molecule has 30 heavy (non-hydrogen) atoms. The fourth-order valence-electron chi connectivity index (χ4n) is 3.02. The fraction of sp³-hybridized carbons (Fsp3) is 0.304. The molecule has 0 radical (unpaired) electrons. The Morgan fingerprint density at radius 2 is 1.77 bits per heavy atom. The van der Waals surface area contributed by atoms with Crippen LogP contribution in [0, 0.1) is 0 Å². The van der Waals surface area contributed by atoms with Crippen LogP contribution >= 0.6 is 35.7 Å². The number of nitrogens with zero attached hydrogens (tertiary/aromatic N) is 3. The van der Waals surface area contributed by atoms with Gasteiger partial charge >= 0.3 is 0 Å². The zero-order chi connectivity index (χ0) is 20.3. The van der Waals surface area contributed by atoms with Gasteiger partial charge in [0.15, 0.2) is 5.96 Å². The monoisotopic (exact) mass is 535 g/mol. The maximum atomic E-state index is 4.52. The first-order valence-electron chi connectivity index (χ1n) is 9.94. The summed E-state index contributed by atoms with van der Waals surface area (Å²) in [5, 5.41) is 7.25. The summed E-state index contributed by atoms with van der Waals surface area (Å²) in [6.45, 7) is 4.70. The van der Waals surface area contributed by atoms with Crippen molar-refractivity contribution < 1.29 is 0 Å². The lowest BCUT2D eigenvalue weighted by atomic mass is 10.2. The van der Waals surface area contributed by atoms with E-state index in [-0.39, 0.29) is 24.0 Å². The third-order valence-electron chi connectivity index (χ3n) is 4.50. The van der Waals surface area contributed by atoms with Crippen LogP contribution in [0.25, 0.3) is 0 Å². The van der Waals surface area contributed by atoms with Crippen LogP contribution in [-0.4, -0.2) is 40.9 Å². The zero-order valence-corrected chi connectivity index (χ0v) is 20.6. The van der Waals surface area contributed by atoms with Crippen molar-refractivity contribution in [2.45, 2.75) is 30.0 Å². The highest BCUT2D eigenvalue weighted by Gasteiger charge is 2.07. The van der Waals surface area contributed by atoms with Crippen molar-refractivity contribution >= 4 is 41.7 Å². The lowest BCUT2D eigenvalue weighted by Crippen LogP contribution is -2.41. The minimum atomic E-state index is 0. The standard InChI is InChI=1S/C23H29N5S.HI/c1-19(29-21-11-7-4-8-12-21)17-27-23(24-2)26-14-13-22-25-15-16-28(22)18-20-9-5-3-6-10-20;/h3-12,15-16,19H,13-14,17-18H2,1-2H3,(H2,24,26,27);1H. The second-order valence-electron chi connectivity index (χ2n) is 6.83. The summed E-state index contributed by atoms with van der Waals surface area (Å²) >= 11 is 1.86. The summed E-state index contributed by atoms with van der Waals surface area (Å²) in [4.78, 5) is 10.1.